The molecule has 4 N–H and O–H groups in total. The lowest BCUT2D eigenvalue weighted by Crippen LogP contribution is -2.03. The molecule has 0 aliphatic carbocycles. The van der Waals surface area contributed by atoms with Crippen LogP contribution in [0, 0.1) is 0 Å². The number of para-hydroxylation sites is 2. The minimum absolute atomic E-state index is 0.227. The Morgan fingerprint density at radius 2 is 2.06 bits per heavy atom. The number of phenols is 1. The first kappa shape index (κ1) is 10.3. The van der Waals surface area contributed by atoms with Crippen molar-refractivity contribution in [1.29, 1.82) is 0 Å². The van der Waals surface area contributed by atoms with E-state index in [0.717, 1.165) is 5.56 Å². The van der Waals surface area contributed by atoms with Crippen LogP contribution in [0.2, 0.25) is 0 Å². The fourth-order valence-electron chi connectivity index (χ4n) is 1.40. The molecule has 0 saturated carbocycles. The van der Waals surface area contributed by atoms with Gasteiger partial charge in [0, 0.05) is 30.2 Å². The molecular weight excluding hydrogens is 202 g/mol. The largest absolute Gasteiger partial charge is 0.506 e. The first-order valence-electron chi connectivity index (χ1n) is 4.97. The van der Waals surface area contributed by atoms with Gasteiger partial charge in [0.05, 0.1) is 5.69 Å². The van der Waals surface area contributed by atoms with Gasteiger partial charge in [0.25, 0.3) is 0 Å². The van der Waals surface area contributed by atoms with Crippen LogP contribution in [0.3, 0.4) is 0 Å². The zero-order valence-electron chi connectivity index (χ0n) is 8.72. The molecule has 0 aliphatic heterocycles. The number of hydrogen-bond acceptors (Lipinski definition) is 4. The zero-order chi connectivity index (χ0) is 11.4. The summed E-state index contributed by atoms with van der Waals surface area (Å²) in [6, 6.07) is 8.83. The predicted molar refractivity (Wildman–Crippen MR) is 64.1 cm³/mol. The summed E-state index contributed by atoms with van der Waals surface area (Å²) in [5.74, 6) is 0.227. The maximum Gasteiger partial charge on any atom is 0.138 e. The molecule has 1 heterocycles. The van der Waals surface area contributed by atoms with Crippen LogP contribution in [-0.2, 0) is 6.54 Å². The summed E-state index contributed by atoms with van der Waals surface area (Å²) >= 11 is 0. The zero-order valence-corrected chi connectivity index (χ0v) is 8.72. The quantitative estimate of drug-likeness (QED) is 0.685. The Bertz CT molecular complexity index is 440. The Morgan fingerprint density at radius 3 is 2.81 bits per heavy atom. The molecule has 0 bridgehead atoms. The summed E-state index contributed by atoms with van der Waals surface area (Å²) in [5, 5.41) is 12.6. The highest BCUT2D eigenvalue weighted by molar-refractivity contribution is 5.56. The third kappa shape index (κ3) is 2.23. The number of rotatable bonds is 3. The number of aromatic nitrogens is 1. The van der Waals surface area contributed by atoms with Crippen molar-refractivity contribution in [2.24, 2.45) is 0 Å². The molecule has 2 aromatic rings. The Balaban J connectivity index is 2.09. The minimum atomic E-state index is 0.227. The average molecular weight is 215 g/mol. The molecule has 2 rings (SSSR count). The first-order valence-corrected chi connectivity index (χ1v) is 4.97. The number of phenolic OH excluding ortho intramolecular Hbond substituents is 1. The molecule has 0 radical (unpaired) electrons. The summed E-state index contributed by atoms with van der Waals surface area (Å²) in [7, 11) is 0. The van der Waals surface area contributed by atoms with Gasteiger partial charge in [-0.2, -0.15) is 0 Å². The number of nitrogens with two attached hydrogens (primary N) is 1. The van der Waals surface area contributed by atoms with E-state index in [4.69, 9.17) is 5.73 Å². The number of nitrogens with zero attached hydrogens (tertiary/aromatic N) is 1. The van der Waals surface area contributed by atoms with E-state index >= 15 is 0 Å². The molecule has 0 atom stereocenters. The van der Waals surface area contributed by atoms with Gasteiger partial charge in [-0.15, -0.1) is 0 Å². The molecule has 4 nitrogen and oxygen atoms in total. The van der Waals surface area contributed by atoms with Crippen molar-refractivity contribution in [2.75, 3.05) is 11.1 Å². The molecule has 1 aromatic heterocycles. The number of pyridine rings is 1. The van der Waals surface area contributed by atoms with Gasteiger partial charge in [-0.25, -0.2) is 0 Å². The Hall–Kier alpha value is -2.23. The molecule has 0 spiro atoms. The standard InChI is InChI=1S/C12H13N3O/c13-10-5-6-14-7-9(10)8-15-11-3-1-2-4-12(11)16/h1-7,15-16H,8H2,(H2,13,14). The van der Waals surface area contributed by atoms with Crippen LogP contribution in [0.5, 0.6) is 5.75 Å². The summed E-state index contributed by atoms with van der Waals surface area (Å²) < 4.78 is 0. The van der Waals surface area contributed by atoms with E-state index in [-0.39, 0.29) is 5.75 Å². The summed E-state index contributed by atoms with van der Waals surface area (Å²) in [6.45, 7) is 0.539. The van der Waals surface area contributed by atoms with Gasteiger partial charge >= 0.3 is 0 Å². The minimum Gasteiger partial charge on any atom is -0.506 e. The van der Waals surface area contributed by atoms with Gasteiger partial charge in [0.1, 0.15) is 5.75 Å². The van der Waals surface area contributed by atoms with E-state index in [1.54, 1.807) is 30.6 Å². The SMILES string of the molecule is Nc1ccncc1CNc1ccccc1O. The van der Waals surface area contributed by atoms with Crippen molar-refractivity contribution in [2.45, 2.75) is 6.54 Å². The van der Waals surface area contributed by atoms with Crippen LogP contribution in [0.15, 0.2) is 42.7 Å². The lowest BCUT2D eigenvalue weighted by Gasteiger charge is -2.09. The fraction of sp³-hybridized carbons (Fsp3) is 0.0833. The van der Waals surface area contributed by atoms with Gasteiger partial charge in [0.2, 0.25) is 0 Å². The second kappa shape index (κ2) is 4.53. The molecule has 0 unspecified atom stereocenters. The molecule has 0 aliphatic rings. The number of anilines is 2. The van der Waals surface area contributed by atoms with Gasteiger partial charge in [-0.3, -0.25) is 4.98 Å². The van der Waals surface area contributed by atoms with Gasteiger partial charge in [0.15, 0.2) is 0 Å². The Labute approximate surface area is 93.8 Å². The van der Waals surface area contributed by atoms with Crippen molar-refractivity contribution in [1.82, 2.24) is 4.98 Å². The highest BCUT2D eigenvalue weighted by Crippen LogP contribution is 2.22. The van der Waals surface area contributed by atoms with E-state index in [1.807, 2.05) is 12.1 Å². The van der Waals surface area contributed by atoms with Gasteiger partial charge in [-0.05, 0) is 18.2 Å². The van der Waals surface area contributed by atoms with Crippen LogP contribution < -0.4 is 11.1 Å². The third-order valence-corrected chi connectivity index (χ3v) is 2.31. The second-order valence-corrected chi connectivity index (χ2v) is 3.45. The fourth-order valence-corrected chi connectivity index (χ4v) is 1.40. The highest BCUT2D eigenvalue weighted by Gasteiger charge is 2.01. The molecule has 0 fully saturated rings. The number of aromatic hydroxyl groups is 1. The van der Waals surface area contributed by atoms with Crippen molar-refractivity contribution >= 4 is 11.4 Å². The smallest absolute Gasteiger partial charge is 0.138 e. The van der Waals surface area contributed by atoms with Gasteiger partial charge in [-0.1, -0.05) is 12.1 Å². The summed E-state index contributed by atoms with van der Waals surface area (Å²) in [5.41, 5.74) is 8.07. The van der Waals surface area contributed by atoms with E-state index in [0.29, 0.717) is 17.9 Å². The first-order chi connectivity index (χ1) is 7.77. The Morgan fingerprint density at radius 1 is 1.25 bits per heavy atom. The number of nitrogen functional groups attached to an aromatic ring is 1. The Kier molecular flexibility index (Phi) is 2.91. The van der Waals surface area contributed by atoms with Crippen LogP contribution in [0.1, 0.15) is 5.56 Å². The third-order valence-electron chi connectivity index (χ3n) is 2.31. The van der Waals surface area contributed by atoms with Crippen molar-refractivity contribution < 1.29 is 5.11 Å². The lowest BCUT2D eigenvalue weighted by atomic mass is 10.2. The van der Waals surface area contributed by atoms with Crippen molar-refractivity contribution in [3.05, 3.63) is 48.3 Å². The van der Waals surface area contributed by atoms with Crippen LogP contribution in [-0.4, -0.2) is 10.1 Å². The number of nitrogens with one attached hydrogen (secondary N) is 1. The summed E-state index contributed by atoms with van der Waals surface area (Å²) in [6.07, 6.45) is 3.36. The van der Waals surface area contributed by atoms with Crippen LogP contribution in [0.4, 0.5) is 11.4 Å². The highest BCUT2D eigenvalue weighted by atomic mass is 16.3. The molecule has 4 heteroatoms. The van der Waals surface area contributed by atoms with E-state index in [2.05, 4.69) is 10.3 Å². The maximum absolute atomic E-state index is 9.55. The molecule has 1 aromatic carbocycles. The lowest BCUT2D eigenvalue weighted by molar-refractivity contribution is 0.477. The van der Waals surface area contributed by atoms with E-state index in [9.17, 15) is 5.11 Å². The van der Waals surface area contributed by atoms with Crippen molar-refractivity contribution in [3.63, 3.8) is 0 Å². The normalized spacial score (nSPS) is 10.0. The molecule has 0 amide bonds. The summed E-state index contributed by atoms with van der Waals surface area (Å²) in [4.78, 5) is 4.00. The predicted octanol–water partition coefficient (Wildman–Crippen LogP) is 1.98. The molecule has 0 saturated heterocycles. The van der Waals surface area contributed by atoms with Crippen LogP contribution in [0.25, 0.3) is 0 Å². The molecule has 16 heavy (non-hydrogen) atoms. The van der Waals surface area contributed by atoms with Crippen LogP contribution >= 0.6 is 0 Å². The van der Waals surface area contributed by atoms with E-state index in [1.165, 1.54) is 0 Å². The number of hydrogen-bond donors (Lipinski definition) is 3. The number of benzene rings is 1. The maximum atomic E-state index is 9.55. The molecule has 82 valence electrons. The second-order valence-electron chi connectivity index (χ2n) is 3.45. The average Bonchev–Trinajstić information content (AvgIpc) is 2.30. The van der Waals surface area contributed by atoms with Crippen molar-refractivity contribution in [3.8, 4) is 5.75 Å². The topological polar surface area (TPSA) is 71.2 Å². The van der Waals surface area contributed by atoms with Gasteiger partial charge < -0.3 is 16.2 Å². The van der Waals surface area contributed by atoms with E-state index < -0.39 is 0 Å². The molecular formula is C12H13N3O. The monoisotopic (exact) mass is 215 g/mol.